The molecule has 1 saturated carbocycles. The smallest absolute Gasteiger partial charge is 0.220 e. The number of hydrogen-bond acceptors (Lipinski definition) is 3. The number of benzene rings is 2. The summed E-state index contributed by atoms with van der Waals surface area (Å²) < 4.78 is 10.8. The average molecular weight is 339 g/mol. The molecular formula is C21H25NO3. The van der Waals surface area contributed by atoms with Gasteiger partial charge in [-0.3, -0.25) is 4.79 Å². The minimum Gasteiger partial charge on any atom is -0.497 e. The minimum atomic E-state index is 0.0939. The Labute approximate surface area is 149 Å². The maximum Gasteiger partial charge on any atom is 0.220 e. The molecule has 4 heteroatoms. The van der Waals surface area contributed by atoms with Crippen molar-refractivity contribution < 1.29 is 14.3 Å². The van der Waals surface area contributed by atoms with Crippen LogP contribution in [0.25, 0.3) is 0 Å². The Bertz CT molecular complexity index is 678. The molecule has 1 aliphatic carbocycles. The first-order valence-electron chi connectivity index (χ1n) is 8.81. The van der Waals surface area contributed by atoms with E-state index < -0.39 is 0 Å². The number of amides is 1. The van der Waals surface area contributed by atoms with Crippen LogP contribution in [0.3, 0.4) is 0 Å². The Balaban J connectivity index is 1.38. The van der Waals surface area contributed by atoms with Gasteiger partial charge in [0.15, 0.2) is 0 Å². The third-order valence-electron chi connectivity index (χ3n) is 4.74. The van der Waals surface area contributed by atoms with Crippen LogP contribution >= 0.6 is 0 Å². The minimum absolute atomic E-state index is 0.0939. The normalized spacial score (nSPS) is 14.6. The van der Waals surface area contributed by atoms with Gasteiger partial charge in [-0.05, 0) is 49.1 Å². The first kappa shape index (κ1) is 17.3. The quantitative estimate of drug-likeness (QED) is 0.709. The molecule has 1 amide bonds. The maximum absolute atomic E-state index is 12.1. The number of hydrogen-bond donors (Lipinski definition) is 1. The van der Waals surface area contributed by atoms with Crippen molar-refractivity contribution in [2.45, 2.75) is 31.1 Å². The van der Waals surface area contributed by atoms with E-state index in [9.17, 15) is 4.79 Å². The molecule has 2 aromatic rings. The van der Waals surface area contributed by atoms with E-state index in [1.54, 1.807) is 7.11 Å². The molecule has 0 bridgehead atoms. The van der Waals surface area contributed by atoms with Crippen LogP contribution in [0.4, 0.5) is 0 Å². The van der Waals surface area contributed by atoms with E-state index in [-0.39, 0.29) is 11.3 Å². The average Bonchev–Trinajstić information content (AvgIpc) is 3.46. The summed E-state index contributed by atoms with van der Waals surface area (Å²) in [5.41, 5.74) is 1.39. The Morgan fingerprint density at radius 3 is 2.40 bits per heavy atom. The summed E-state index contributed by atoms with van der Waals surface area (Å²) in [6.45, 7) is 1.26. The topological polar surface area (TPSA) is 47.6 Å². The molecule has 25 heavy (non-hydrogen) atoms. The van der Waals surface area contributed by atoms with Gasteiger partial charge in [0.2, 0.25) is 5.91 Å². The van der Waals surface area contributed by atoms with E-state index in [4.69, 9.17) is 9.47 Å². The summed E-state index contributed by atoms with van der Waals surface area (Å²) in [4.78, 5) is 12.1. The highest BCUT2D eigenvalue weighted by Crippen LogP contribution is 2.47. The van der Waals surface area contributed by atoms with Gasteiger partial charge < -0.3 is 14.8 Å². The Kier molecular flexibility index (Phi) is 5.59. The summed E-state index contributed by atoms with van der Waals surface area (Å²) in [5.74, 6) is 1.80. The molecule has 0 unspecified atom stereocenters. The van der Waals surface area contributed by atoms with Crippen LogP contribution in [0.5, 0.6) is 11.5 Å². The molecule has 4 nitrogen and oxygen atoms in total. The van der Waals surface area contributed by atoms with Gasteiger partial charge in [-0.1, -0.05) is 30.3 Å². The number of carbonyl (C=O) groups excluding carboxylic acids is 1. The summed E-state index contributed by atoms with van der Waals surface area (Å²) in [5, 5.41) is 3.09. The van der Waals surface area contributed by atoms with Gasteiger partial charge in [0, 0.05) is 18.4 Å². The number of ether oxygens (including phenoxy) is 2. The van der Waals surface area contributed by atoms with Crippen LogP contribution in [0, 0.1) is 0 Å². The highest BCUT2D eigenvalue weighted by molar-refractivity contribution is 5.76. The van der Waals surface area contributed by atoms with Gasteiger partial charge in [-0.15, -0.1) is 0 Å². The van der Waals surface area contributed by atoms with E-state index in [1.165, 1.54) is 5.56 Å². The summed E-state index contributed by atoms with van der Waals surface area (Å²) in [6, 6.07) is 17.9. The molecular weight excluding hydrogens is 314 g/mol. The molecule has 3 rings (SSSR count). The fourth-order valence-electron chi connectivity index (χ4n) is 2.96. The van der Waals surface area contributed by atoms with Gasteiger partial charge >= 0.3 is 0 Å². The number of rotatable bonds is 9. The lowest BCUT2D eigenvalue weighted by molar-refractivity contribution is -0.121. The monoisotopic (exact) mass is 339 g/mol. The predicted octanol–water partition coefficient (Wildman–Crippen LogP) is 3.70. The largest absolute Gasteiger partial charge is 0.497 e. The Hall–Kier alpha value is -2.49. The predicted molar refractivity (Wildman–Crippen MR) is 98.1 cm³/mol. The fourth-order valence-corrected chi connectivity index (χ4v) is 2.96. The number of nitrogens with one attached hydrogen (secondary N) is 1. The molecule has 0 spiro atoms. The van der Waals surface area contributed by atoms with Gasteiger partial charge in [-0.25, -0.2) is 0 Å². The zero-order chi connectivity index (χ0) is 17.5. The van der Waals surface area contributed by atoms with Gasteiger partial charge in [0.25, 0.3) is 0 Å². The van der Waals surface area contributed by atoms with Crippen molar-refractivity contribution in [3.63, 3.8) is 0 Å². The molecule has 0 atom stereocenters. The molecule has 0 aromatic heterocycles. The third-order valence-corrected chi connectivity index (χ3v) is 4.74. The van der Waals surface area contributed by atoms with Crippen molar-refractivity contribution in [1.82, 2.24) is 5.32 Å². The second-order valence-electron chi connectivity index (χ2n) is 6.55. The van der Waals surface area contributed by atoms with Crippen molar-refractivity contribution in [1.29, 1.82) is 0 Å². The third kappa shape index (κ3) is 4.75. The van der Waals surface area contributed by atoms with Crippen molar-refractivity contribution in [3.8, 4) is 11.5 Å². The molecule has 1 N–H and O–H groups in total. The van der Waals surface area contributed by atoms with Crippen molar-refractivity contribution in [2.75, 3.05) is 20.3 Å². The van der Waals surface area contributed by atoms with Crippen molar-refractivity contribution in [2.24, 2.45) is 0 Å². The molecule has 0 radical (unpaired) electrons. The lowest BCUT2D eigenvalue weighted by Gasteiger charge is -2.17. The van der Waals surface area contributed by atoms with Crippen LogP contribution in [-0.4, -0.2) is 26.2 Å². The molecule has 0 heterocycles. The van der Waals surface area contributed by atoms with Crippen LogP contribution in [0.2, 0.25) is 0 Å². The number of carbonyl (C=O) groups is 1. The standard InChI is InChI=1S/C21H25NO3/c1-24-18-11-9-17(10-12-18)21(13-14-21)16-22-20(23)8-5-15-25-19-6-3-2-4-7-19/h2-4,6-7,9-12H,5,8,13-16H2,1H3,(H,22,23). The van der Waals surface area contributed by atoms with Crippen molar-refractivity contribution >= 4 is 5.91 Å². The highest BCUT2D eigenvalue weighted by Gasteiger charge is 2.44. The zero-order valence-corrected chi connectivity index (χ0v) is 14.7. The molecule has 0 saturated heterocycles. The molecule has 132 valence electrons. The molecule has 1 fully saturated rings. The van der Waals surface area contributed by atoms with Crippen LogP contribution < -0.4 is 14.8 Å². The van der Waals surface area contributed by atoms with E-state index >= 15 is 0 Å². The van der Waals surface area contributed by atoms with E-state index in [1.807, 2.05) is 42.5 Å². The summed E-state index contributed by atoms with van der Waals surface area (Å²) >= 11 is 0. The van der Waals surface area contributed by atoms with Crippen LogP contribution in [-0.2, 0) is 10.2 Å². The Morgan fingerprint density at radius 1 is 1.04 bits per heavy atom. The lowest BCUT2D eigenvalue weighted by Crippen LogP contribution is -2.32. The molecule has 0 aliphatic heterocycles. The fraction of sp³-hybridized carbons (Fsp3) is 0.381. The van der Waals surface area contributed by atoms with Gasteiger partial charge in [-0.2, -0.15) is 0 Å². The number of methoxy groups -OCH3 is 1. The molecule has 1 aliphatic rings. The first-order chi connectivity index (χ1) is 12.2. The SMILES string of the molecule is COc1ccc(C2(CNC(=O)CCCOc3ccccc3)CC2)cc1. The van der Waals surface area contributed by atoms with Gasteiger partial charge in [0.1, 0.15) is 11.5 Å². The molecule has 2 aromatic carbocycles. The maximum atomic E-state index is 12.1. The first-order valence-corrected chi connectivity index (χ1v) is 8.81. The Morgan fingerprint density at radius 2 is 1.76 bits per heavy atom. The summed E-state index contributed by atoms with van der Waals surface area (Å²) in [6.07, 6.45) is 3.45. The van der Waals surface area contributed by atoms with E-state index in [0.717, 1.165) is 30.8 Å². The zero-order valence-electron chi connectivity index (χ0n) is 14.7. The van der Waals surface area contributed by atoms with Crippen LogP contribution in [0.1, 0.15) is 31.2 Å². The second-order valence-corrected chi connectivity index (χ2v) is 6.55. The summed E-state index contributed by atoms with van der Waals surface area (Å²) in [7, 11) is 1.67. The van der Waals surface area contributed by atoms with E-state index in [2.05, 4.69) is 17.4 Å². The van der Waals surface area contributed by atoms with E-state index in [0.29, 0.717) is 19.6 Å². The lowest BCUT2D eigenvalue weighted by atomic mass is 9.96. The number of para-hydroxylation sites is 1. The second kappa shape index (κ2) is 8.06. The van der Waals surface area contributed by atoms with Crippen molar-refractivity contribution in [3.05, 3.63) is 60.2 Å². The highest BCUT2D eigenvalue weighted by atomic mass is 16.5. The van der Waals surface area contributed by atoms with Gasteiger partial charge in [0.05, 0.1) is 13.7 Å². The van der Waals surface area contributed by atoms with Crippen LogP contribution in [0.15, 0.2) is 54.6 Å².